The number of aromatic nitrogens is 1. The van der Waals surface area contributed by atoms with Gasteiger partial charge in [-0.3, -0.25) is 9.69 Å². The van der Waals surface area contributed by atoms with Crippen molar-refractivity contribution >= 4 is 5.91 Å². The average molecular weight is 374 g/mol. The van der Waals surface area contributed by atoms with Gasteiger partial charge in [0.15, 0.2) is 0 Å². The average Bonchev–Trinajstić information content (AvgIpc) is 2.64. The highest BCUT2D eigenvalue weighted by Gasteiger charge is 2.33. The van der Waals surface area contributed by atoms with E-state index in [1.807, 2.05) is 39.9 Å². The first-order valence-electron chi connectivity index (χ1n) is 9.24. The van der Waals surface area contributed by atoms with E-state index in [0.717, 1.165) is 0 Å². The number of fused-ring (bicyclic) bond motifs is 1. The number of amides is 1. The predicted molar refractivity (Wildman–Crippen MR) is 105 cm³/mol. The quantitative estimate of drug-likeness (QED) is 0.728. The monoisotopic (exact) mass is 374 g/mol. The van der Waals surface area contributed by atoms with E-state index in [2.05, 4.69) is 22.1 Å². The Morgan fingerprint density at radius 3 is 2.89 bits per heavy atom. The zero-order valence-electron chi connectivity index (χ0n) is 16.8. The van der Waals surface area contributed by atoms with Crippen LogP contribution in [0.2, 0.25) is 0 Å². The number of carbonyl (C=O) groups is 1. The van der Waals surface area contributed by atoms with Crippen molar-refractivity contribution in [1.29, 1.82) is 0 Å². The van der Waals surface area contributed by atoms with Gasteiger partial charge in [0.1, 0.15) is 11.7 Å². The van der Waals surface area contributed by atoms with E-state index in [9.17, 15) is 9.90 Å². The number of aliphatic hydroxyl groups excluding tert-OH is 1. The van der Waals surface area contributed by atoms with Crippen LogP contribution >= 0.6 is 0 Å². The molecule has 0 saturated carbocycles. The van der Waals surface area contributed by atoms with Crippen molar-refractivity contribution in [3.05, 3.63) is 23.4 Å². The van der Waals surface area contributed by atoms with E-state index in [4.69, 9.17) is 4.74 Å². The Labute approximate surface area is 161 Å². The molecule has 1 aromatic heterocycles. The molecule has 7 heteroatoms. The predicted octanol–water partition coefficient (Wildman–Crippen LogP) is 0.434. The molecule has 148 valence electrons. The van der Waals surface area contributed by atoms with Crippen LogP contribution in [0.1, 0.15) is 29.8 Å². The molecule has 0 radical (unpaired) electrons. The molecule has 2 rings (SSSR count). The van der Waals surface area contributed by atoms with Crippen LogP contribution in [0.5, 0.6) is 5.88 Å². The molecule has 1 amide bonds. The molecule has 2 N–H and O–H groups in total. The van der Waals surface area contributed by atoms with E-state index < -0.39 is 0 Å². The molecule has 7 nitrogen and oxygen atoms in total. The van der Waals surface area contributed by atoms with E-state index in [1.54, 1.807) is 17.2 Å². The maximum absolute atomic E-state index is 13.2. The molecule has 0 fully saturated rings. The summed E-state index contributed by atoms with van der Waals surface area (Å²) >= 11 is 0. The van der Waals surface area contributed by atoms with Crippen LogP contribution in [-0.2, 0) is 0 Å². The molecule has 1 aromatic rings. The number of aliphatic hydroxyl groups is 1. The molecule has 1 aliphatic rings. The van der Waals surface area contributed by atoms with Gasteiger partial charge < -0.3 is 20.1 Å². The third-order valence-electron chi connectivity index (χ3n) is 4.55. The van der Waals surface area contributed by atoms with Gasteiger partial charge in [0.25, 0.3) is 5.91 Å². The molecule has 2 heterocycles. The molecule has 1 aliphatic heterocycles. The first kappa shape index (κ1) is 21.2. The summed E-state index contributed by atoms with van der Waals surface area (Å²) in [7, 11) is 5.76. The number of rotatable bonds is 5. The number of ether oxygens (including phenoxy) is 1. The van der Waals surface area contributed by atoms with Crippen LogP contribution in [0.25, 0.3) is 0 Å². The van der Waals surface area contributed by atoms with Gasteiger partial charge in [-0.05, 0) is 34.1 Å². The number of likely N-dealkylation sites (N-methyl/N-ethyl adjacent to an activating group) is 1. The van der Waals surface area contributed by atoms with Crippen LogP contribution in [0.4, 0.5) is 0 Å². The Bertz CT molecular complexity index is 711. The Morgan fingerprint density at radius 1 is 1.52 bits per heavy atom. The van der Waals surface area contributed by atoms with E-state index in [-0.39, 0.29) is 30.6 Å². The van der Waals surface area contributed by atoms with Crippen molar-refractivity contribution in [1.82, 2.24) is 20.1 Å². The summed E-state index contributed by atoms with van der Waals surface area (Å²) in [5, 5.41) is 12.7. The number of carbonyl (C=O) groups excluding carboxylic acids is 1. The van der Waals surface area contributed by atoms with Crippen LogP contribution in [-0.4, -0.2) is 85.3 Å². The SMILES string of the molecule is CNC[C@@H]1Oc2ncc(C#CCN(C)C)cc2C(=O)N([C@H](C)CO)C[C@@H]1C. The summed E-state index contributed by atoms with van der Waals surface area (Å²) in [6.45, 7) is 5.55. The van der Waals surface area contributed by atoms with Gasteiger partial charge in [-0.1, -0.05) is 18.8 Å². The fourth-order valence-electron chi connectivity index (χ4n) is 2.92. The molecule has 0 aromatic carbocycles. The van der Waals surface area contributed by atoms with Gasteiger partial charge >= 0.3 is 0 Å². The number of hydrogen-bond acceptors (Lipinski definition) is 6. The minimum absolute atomic E-state index is 0.0879. The second kappa shape index (κ2) is 9.70. The summed E-state index contributed by atoms with van der Waals surface area (Å²) in [4.78, 5) is 21.2. The molecule has 3 atom stereocenters. The summed E-state index contributed by atoms with van der Waals surface area (Å²) in [5.74, 6) is 6.31. The van der Waals surface area contributed by atoms with Gasteiger partial charge in [0.05, 0.1) is 19.2 Å². The fraction of sp³-hybridized carbons (Fsp3) is 0.600. The fourth-order valence-corrected chi connectivity index (χ4v) is 2.92. The Balaban J connectivity index is 2.44. The Hall–Kier alpha value is -2.14. The zero-order valence-corrected chi connectivity index (χ0v) is 16.8. The normalized spacial score (nSPS) is 20.9. The molecule has 0 aliphatic carbocycles. The maximum atomic E-state index is 13.2. The lowest BCUT2D eigenvalue weighted by Gasteiger charge is -2.36. The second-order valence-electron chi connectivity index (χ2n) is 7.30. The van der Waals surface area contributed by atoms with Gasteiger partial charge in [-0.2, -0.15) is 0 Å². The van der Waals surface area contributed by atoms with Crippen molar-refractivity contribution in [2.24, 2.45) is 5.92 Å². The molecule has 27 heavy (non-hydrogen) atoms. The summed E-state index contributed by atoms with van der Waals surface area (Å²) < 4.78 is 6.08. The van der Waals surface area contributed by atoms with Crippen LogP contribution in [0.3, 0.4) is 0 Å². The van der Waals surface area contributed by atoms with Crippen molar-refractivity contribution < 1.29 is 14.6 Å². The third kappa shape index (κ3) is 5.42. The minimum Gasteiger partial charge on any atom is -0.472 e. The molecule has 0 bridgehead atoms. The number of hydrogen-bond donors (Lipinski definition) is 2. The van der Waals surface area contributed by atoms with Crippen molar-refractivity contribution in [2.75, 3.05) is 47.4 Å². The lowest BCUT2D eigenvalue weighted by molar-refractivity contribution is 0.0404. The summed E-state index contributed by atoms with van der Waals surface area (Å²) in [6, 6.07) is 1.45. The number of pyridine rings is 1. The second-order valence-corrected chi connectivity index (χ2v) is 7.30. The van der Waals surface area contributed by atoms with Crippen molar-refractivity contribution in [2.45, 2.75) is 26.0 Å². The smallest absolute Gasteiger partial charge is 0.259 e. The van der Waals surface area contributed by atoms with E-state index in [0.29, 0.717) is 36.6 Å². The standard InChI is InChI=1S/C20H30N4O3/c1-14-12-24(15(2)13-25)20(26)17-9-16(7-6-8-23(4)5)10-22-19(17)27-18(14)11-21-3/h9-10,14-15,18,21,25H,8,11-13H2,1-5H3/t14-,15+,18-/m0/s1. The topological polar surface area (TPSA) is 77.9 Å². The molecule has 0 saturated heterocycles. The maximum Gasteiger partial charge on any atom is 0.259 e. The summed E-state index contributed by atoms with van der Waals surface area (Å²) in [5.41, 5.74) is 1.06. The molecular weight excluding hydrogens is 344 g/mol. The summed E-state index contributed by atoms with van der Waals surface area (Å²) in [6.07, 6.45) is 1.51. The molecule has 0 unspecified atom stereocenters. The van der Waals surface area contributed by atoms with E-state index >= 15 is 0 Å². The highest BCUT2D eigenvalue weighted by atomic mass is 16.5. The minimum atomic E-state index is -0.287. The lowest BCUT2D eigenvalue weighted by atomic mass is 10.0. The van der Waals surface area contributed by atoms with Crippen LogP contribution in [0, 0.1) is 17.8 Å². The largest absolute Gasteiger partial charge is 0.472 e. The number of nitrogens with zero attached hydrogens (tertiary/aromatic N) is 3. The molecular formula is C20H30N4O3. The molecule has 0 spiro atoms. The van der Waals surface area contributed by atoms with Gasteiger partial charge in [-0.15, -0.1) is 0 Å². The van der Waals surface area contributed by atoms with Crippen LogP contribution < -0.4 is 10.1 Å². The highest BCUT2D eigenvalue weighted by Crippen LogP contribution is 2.26. The third-order valence-corrected chi connectivity index (χ3v) is 4.55. The van der Waals surface area contributed by atoms with Gasteiger partial charge in [0, 0.05) is 30.8 Å². The van der Waals surface area contributed by atoms with Crippen LogP contribution in [0.15, 0.2) is 12.3 Å². The first-order chi connectivity index (χ1) is 12.9. The van der Waals surface area contributed by atoms with Gasteiger partial charge in [-0.25, -0.2) is 4.98 Å². The first-order valence-corrected chi connectivity index (χ1v) is 9.24. The Kier molecular flexibility index (Phi) is 7.60. The zero-order chi connectivity index (χ0) is 20.0. The van der Waals surface area contributed by atoms with Crippen molar-refractivity contribution in [3.8, 4) is 17.7 Å². The van der Waals surface area contributed by atoms with Gasteiger partial charge in [0.2, 0.25) is 5.88 Å². The highest BCUT2D eigenvalue weighted by molar-refractivity contribution is 5.97. The Morgan fingerprint density at radius 2 is 2.26 bits per heavy atom. The van der Waals surface area contributed by atoms with E-state index in [1.165, 1.54) is 0 Å². The number of nitrogens with one attached hydrogen (secondary N) is 1. The lowest BCUT2D eigenvalue weighted by Crippen LogP contribution is -2.49. The van der Waals surface area contributed by atoms with Crippen molar-refractivity contribution in [3.63, 3.8) is 0 Å².